The summed E-state index contributed by atoms with van der Waals surface area (Å²) in [5.74, 6) is 0.889. The Kier molecular flexibility index (Phi) is 7.26. The average Bonchev–Trinajstić information content (AvgIpc) is 3.48. The van der Waals surface area contributed by atoms with E-state index in [4.69, 9.17) is 15.2 Å². The van der Waals surface area contributed by atoms with Gasteiger partial charge in [-0.3, -0.25) is 14.7 Å². The number of nitrogens with two attached hydrogens (primary N) is 1. The van der Waals surface area contributed by atoms with E-state index in [0.717, 1.165) is 36.3 Å². The van der Waals surface area contributed by atoms with E-state index in [0.29, 0.717) is 17.5 Å². The lowest BCUT2D eigenvalue weighted by Crippen LogP contribution is -2.37. The Morgan fingerprint density at radius 1 is 1.21 bits per heavy atom. The summed E-state index contributed by atoms with van der Waals surface area (Å²) < 4.78 is 13.1. The van der Waals surface area contributed by atoms with Crippen molar-refractivity contribution in [3.05, 3.63) is 60.2 Å². The van der Waals surface area contributed by atoms with Crippen molar-refractivity contribution in [1.29, 1.82) is 0 Å². The Labute approximate surface area is 195 Å². The van der Waals surface area contributed by atoms with Crippen LogP contribution < -0.4 is 15.8 Å². The van der Waals surface area contributed by atoms with Crippen molar-refractivity contribution < 1.29 is 19.1 Å². The van der Waals surface area contributed by atoms with Gasteiger partial charge in [0.15, 0.2) is 11.0 Å². The van der Waals surface area contributed by atoms with E-state index in [9.17, 15) is 9.59 Å². The molecule has 0 unspecified atom stereocenters. The fourth-order valence-electron chi connectivity index (χ4n) is 3.68. The topological polar surface area (TPSA) is 121 Å². The van der Waals surface area contributed by atoms with Crippen LogP contribution in [0.2, 0.25) is 0 Å². The largest absolute Gasteiger partial charge is 0.497 e. The number of nitrogens with zero attached hydrogens (tertiary/aromatic N) is 3. The third kappa shape index (κ3) is 5.52. The molecule has 33 heavy (non-hydrogen) atoms. The normalized spacial score (nSPS) is 16.3. The summed E-state index contributed by atoms with van der Waals surface area (Å²) in [4.78, 5) is 24.2. The van der Waals surface area contributed by atoms with Crippen LogP contribution in [0.15, 0.2) is 59.8 Å². The molecule has 0 aliphatic carbocycles. The van der Waals surface area contributed by atoms with Crippen LogP contribution in [-0.2, 0) is 16.1 Å². The van der Waals surface area contributed by atoms with Crippen LogP contribution in [-0.4, -0.2) is 46.5 Å². The van der Waals surface area contributed by atoms with Crippen molar-refractivity contribution >= 4 is 23.7 Å². The second-order valence-corrected chi connectivity index (χ2v) is 8.61. The van der Waals surface area contributed by atoms with E-state index in [1.54, 1.807) is 7.11 Å². The van der Waals surface area contributed by atoms with Gasteiger partial charge in [-0.2, -0.15) is 0 Å². The number of ether oxygens (including phenoxy) is 2. The van der Waals surface area contributed by atoms with Gasteiger partial charge in [0.2, 0.25) is 5.91 Å². The van der Waals surface area contributed by atoms with E-state index in [2.05, 4.69) is 15.5 Å². The molecule has 1 fully saturated rings. The summed E-state index contributed by atoms with van der Waals surface area (Å²) in [6.07, 6.45) is 1.97. The molecule has 0 bridgehead atoms. The maximum atomic E-state index is 12.8. The molecule has 2 aromatic carbocycles. The number of carbonyl (C=O) groups is 2. The summed E-state index contributed by atoms with van der Waals surface area (Å²) >= 11 is 1.21. The van der Waals surface area contributed by atoms with Crippen LogP contribution >= 0.6 is 11.8 Å². The molecule has 0 spiro atoms. The van der Waals surface area contributed by atoms with Gasteiger partial charge in [-0.25, -0.2) is 4.79 Å². The molecular formula is C23H25N5O4S. The van der Waals surface area contributed by atoms with E-state index in [1.165, 1.54) is 11.8 Å². The van der Waals surface area contributed by atoms with Gasteiger partial charge in [-0.1, -0.05) is 42.1 Å². The first kappa shape index (κ1) is 22.8. The quantitative estimate of drug-likeness (QED) is 0.488. The minimum absolute atomic E-state index is 0.0342. The molecular weight excluding hydrogens is 442 g/mol. The van der Waals surface area contributed by atoms with Crippen LogP contribution in [0.4, 0.5) is 4.79 Å². The summed E-state index contributed by atoms with van der Waals surface area (Å²) in [5, 5.41) is 10.8. The summed E-state index contributed by atoms with van der Waals surface area (Å²) in [7, 11) is 1.62. The lowest BCUT2D eigenvalue weighted by atomic mass is 10.1. The van der Waals surface area contributed by atoms with Gasteiger partial charge in [-0.05, 0) is 42.7 Å². The molecule has 0 saturated carbocycles. The monoisotopic (exact) mass is 467 g/mol. The zero-order valence-corrected chi connectivity index (χ0v) is 19.0. The lowest BCUT2D eigenvalue weighted by molar-refractivity contribution is -0.119. The second kappa shape index (κ2) is 10.5. The fraction of sp³-hybridized carbons (Fsp3) is 0.304. The molecule has 3 amide bonds. The van der Waals surface area contributed by atoms with Crippen molar-refractivity contribution in [1.82, 2.24) is 20.1 Å². The van der Waals surface area contributed by atoms with Crippen molar-refractivity contribution in [2.45, 2.75) is 35.9 Å². The number of imide groups is 1. The molecule has 1 aliphatic rings. The van der Waals surface area contributed by atoms with Gasteiger partial charge in [0, 0.05) is 12.2 Å². The summed E-state index contributed by atoms with van der Waals surface area (Å²) in [6, 6.07) is 15.8. The maximum Gasteiger partial charge on any atom is 0.318 e. The third-order valence-electron chi connectivity index (χ3n) is 5.29. The van der Waals surface area contributed by atoms with Crippen molar-refractivity contribution in [3.63, 3.8) is 0 Å². The number of urea groups is 1. The number of carbonyl (C=O) groups excluding carboxylic acids is 2. The Morgan fingerprint density at radius 2 is 1.97 bits per heavy atom. The molecule has 3 N–H and O–H groups in total. The second-order valence-electron chi connectivity index (χ2n) is 7.54. The number of amides is 3. The number of benzene rings is 2. The average molecular weight is 468 g/mol. The van der Waals surface area contributed by atoms with Gasteiger partial charge >= 0.3 is 6.03 Å². The van der Waals surface area contributed by atoms with Crippen molar-refractivity contribution in [3.8, 4) is 17.1 Å². The first-order valence-corrected chi connectivity index (χ1v) is 11.4. The smallest absolute Gasteiger partial charge is 0.318 e. The number of nitrogens with one attached hydrogen (secondary N) is 1. The van der Waals surface area contributed by atoms with E-state index in [1.807, 2.05) is 59.2 Å². The van der Waals surface area contributed by atoms with Crippen molar-refractivity contribution in [2.24, 2.45) is 5.73 Å². The van der Waals surface area contributed by atoms with Gasteiger partial charge < -0.3 is 15.2 Å². The molecule has 3 aromatic rings. The molecule has 1 saturated heterocycles. The summed E-state index contributed by atoms with van der Waals surface area (Å²) in [6.45, 7) is 1.27. The molecule has 10 heteroatoms. The minimum Gasteiger partial charge on any atom is -0.497 e. The fourth-order valence-corrected chi connectivity index (χ4v) is 4.73. The number of primary amides is 1. The predicted octanol–water partition coefficient (Wildman–Crippen LogP) is 3.16. The highest BCUT2D eigenvalue weighted by Crippen LogP contribution is 2.37. The first-order chi connectivity index (χ1) is 16.0. The van der Waals surface area contributed by atoms with Crippen LogP contribution in [0.25, 0.3) is 11.4 Å². The lowest BCUT2D eigenvalue weighted by Gasteiger charge is -2.18. The summed E-state index contributed by atoms with van der Waals surface area (Å²) in [5.41, 5.74) is 6.79. The van der Waals surface area contributed by atoms with Crippen LogP contribution in [0.5, 0.6) is 5.75 Å². The van der Waals surface area contributed by atoms with Gasteiger partial charge in [0.25, 0.3) is 0 Å². The SMILES string of the molecule is COc1ccc(-c2nnc(S[C@H](C(=O)NC(N)=O)c3ccccc3)n2C[C@@H]2CCCO2)cc1. The maximum absolute atomic E-state index is 12.8. The highest BCUT2D eigenvalue weighted by molar-refractivity contribution is 8.00. The molecule has 0 radical (unpaired) electrons. The molecule has 2 heterocycles. The minimum atomic E-state index is -0.902. The molecule has 172 valence electrons. The van der Waals surface area contributed by atoms with Gasteiger partial charge in [0.1, 0.15) is 11.0 Å². The molecule has 1 aliphatic heterocycles. The Hall–Kier alpha value is -3.37. The Balaban J connectivity index is 1.70. The number of rotatable bonds is 8. The Morgan fingerprint density at radius 3 is 2.61 bits per heavy atom. The predicted molar refractivity (Wildman–Crippen MR) is 124 cm³/mol. The first-order valence-electron chi connectivity index (χ1n) is 10.6. The number of thioether (sulfide) groups is 1. The zero-order chi connectivity index (χ0) is 23.2. The van der Waals surface area contributed by atoms with Gasteiger partial charge in [-0.15, -0.1) is 10.2 Å². The van der Waals surface area contributed by atoms with E-state index in [-0.39, 0.29) is 6.10 Å². The highest BCUT2D eigenvalue weighted by atomic mass is 32.2. The number of hydrogen-bond donors (Lipinski definition) is 2. The van der Waals surface area contributed by atoms with E-state index >= 15 is 0 Å². The highest BCUT2D eigenvalue weighted by Gasteiger charge is 2.28. The van der Waals surface area contributed by atoms with Crippen LogP contribution in [0.1, 0.15) is 23.7 Å². The Bertz CT molecular complexity index is 1100. The third-order valence-corrected chi connectivity index (χ3v) is 6.52. The van der Waals surface area contributed by atoms with Gasteiger partial charge in [0.05, 0.1) is 19.8 Å². The zero-order valence-electron chi connectivity index (χ0n) is 18.1. The van der Waals surface area contributed by atoms with Crippen LogP contribution in [0, 0.1) is 0 Å². The molecule has 1 aromatic heterocycles. The number of hydrogen-bond acceptors (Lipinski definition) is 7. The van der Waals surface area contributed by atoms with Crippen molar-refractivity contribution in [2.75, 3.05) is 13.7 Å². The van der Waals surface area contributed by atoms with E-state index < -0.39 is 17.2 Å². The standard InChI is InChI=1S/C23H25N5O4S/c1-31-17-11-9-16(10-12-17)20-26-27-23(28(20)14-18-8-5-13-32-18)33-19(21(29)25-22(24)30)15-6-3-2-4-7-15/h2-4,6-7,9-12,18-19H,5,8,13-14H2,1H3,(H3,24,25,29,30)/t18-,19-/m0/s1. The molecule has 9 nitrogen and oxygen atoms in total. The molecule has 2 atom stereocenters. The van der Waals surface area contributed by atoms with Crippen LogP contribution in [0.3, 0.4) is 0 Å². The number of aromatic nitrogens is 3. The molecule has 4 rings (SSSR count). The number of methoxy groups -OCH3 is 1.